The van der Waals surface area contributed by atoms with Crippen LogP contribution in [0.1, 0.15) is 22.9 Å². The standard InChI is InChI=1S/C13H14N6O/c1-7-4-8(2-3-15-7)12-9-6-16-11(17-13(14)20)5-10(9)18-19-12/h2-6,12,18-19H,1H3,(H3,14,16,17,20). The second-order valence-corrected chi connectivity index (χ2v) is 4.58. The molecule has 0 saturated carbocycles. The molecule has 0 saturated heterocycles. The number of nitrogens with zero attached hydrogens (tertiary/aromatic N) is 2. The van der Waals surface area contributed by atoms with Crippen molar-refractivity contribution in [2.45, 2.75) is 13.0 Å². The molecule has 2 aromatic rings. The second kappa shape index (κ2) is 4.78. The number of amides is 2. The normalized spacial score (nSPS) is 16.4. The molecule has 2 amide bonds. The number of aromatic nitrogens is 2. The molecule has 3 rings (SSSR count). The topological polar surface area (TPSA) is 105 Å². The molecule has 0 spiro atoms. The van der Waals surface area contributed by atoms with E-state index in [-0.39, 0.29) is 6.04 Å². The summed E-state index contributed by atoms with van der Waals surface area (Å²) in [6.07, 6.45) is 3.49. The van der Waals surface area contributed by atoms with Crippen LogP contribution < -0.4 is 21.9 Å². The molecule has 20 heavy (non-hydrogen) atoms. The van der Waals surface area contributed by atoms with E-state index in [9.17, 15) is 4.79 Å². The Kier molecular flexibility index (Phi) is 2.96. The van der Waals surface area contributed by atoms with Gasteiger partial charge in [0.05, 0.1) is 11.7 Å². The van der Waals surface area contributed by atoms with Crippen LogP contribution in [0, 0.1) is 6.92 Å². The number of nitrogens with one attached hydrogen (secondary N) is 3. The Bertz CT molecular complexity index is 672. The SMILES string of the molecule is Cc1cc(C2NNc3cc(NC(N)=O)ncc32)ccn1. The van der Waals surface area contributed by atoms with Crippen LogP contribution in [0.25, 0.3) is 0 Å². The Morgan fingerprint density at radius 3 is 3.00 bits per heavy atom. The highest BCUT2D eigenvalue weighted by Crippen LogP contribution is 2.33. The van der Waals surface area contributed by atoms with Crippen LogP contribution >= 0.6 is 0 Å². The smallest absolute Gasteiger partial charge is 0.317 e. The van der Waals surface area contributed by atoms with Gasteiger partial charge >= 0.3 is 6.03 Å². The van der Waals surface area contributed by atoms with E-state index >= 15 is 0 Å². The first-order chi connectivity index (χ1) is 9.63. The zero-order valence-corrected chi connectivity index (χ0v) is 10.8. The highest BCUT2D eigenvalue weighted by molar-refractivity contribution is 5.87. The van der Waals surface area contributed by atoms with Crippen LogP contribution in [-0.2, 0) is 0 Å². The third-order valence-corrected chi connectivity index (χ3v) is 3.10. The fourth-order valence-electron chi connectivity index (χ4n) is 2.24. The first-order valence-corrected chi connectivity index (χ1v) is 6.14. The zero-order valence-electron chi connectivity index (χ0n) is 10.8. The Balaban J connectivity index is 1.93. The molecule has 0 aliphatic carbocycles. The molecule has 1 aliphatic rings. The molecule has 1 aliphatic heterocycles. The summed E-state index contributed by atoms with van der Waals surface area (Å²) in [7, 11) is 0. The number of pyridine rings is 2. The van der Waals surface area contributed by atoms with Gasteiger partial charge in [-0.15, -0.1) is 0 Å². The van der Waals surface area contributed by atoms with Crippen LogP contribution in [-0.4, -0.2) is 16.0 Å². The number of aryl methyl sites for hydroxylation is 1. The van der Waals surface area contributed by atoms with Crippen molar-refractivity contribution >= 4 is 17.5 Å². The molecule has 0 radical (unpaired) electrons. The number of urea groups is 1. The minimum absolute atomic E-state index is 0.00169. The molecule has 3 heterocycles. The minimum Gasteiger partial charge on any atom is -0.351 e. The number of hydrogen-bond donors (Lipinski definition) is 4. The summed E-state index contributed by atoms with van der Waals surface area (Å²) in [5.41, 5.74) is 15.3. The number of hydrazine groups is 1. The largest absolute Gasteiger partial charge is 0.351 e. The Morgan fingerprint density at radius 1 is 1.40 bits per heavy atom. The molecular formula is C13H14N6O. The van der Waals surface area contributed by atoms with Gasteiger partial charge in [0.25, 0.3) is 0 Å². The molecule has 0 bridgehead atoms. The average Bonchev–Trinajstić information content (AvgIpc) is 2.81. The Morgan fingerprint density at radius 2 is 2.25 bits per heavy atom. The van der Waals surface area contributed by atoms with Gasteiger partial charge in [-0.3, -0.25) is 10.3 Å². The van der Waals surface area contributed by atoms with Gasteiger partial charge in [0.2, 0.25) is 0 Å². The molecule has 5 N–H and O–H groups in total. The summed E-state index contributed by atoms with van der Waals surface area (Å²) < 4.78 is 0. The van der Waals surface area contributed by atoms with Crippen molar-refractivity contribution < 1.29 is 4.79 Å². The Labute approximate surface area is 115 Å². The van der Waals surface area contributed by atoms with Crippen LogP contribution in [0.5, 0.6) is 0 Å². The predicted molar refractivity (Wildman–Crippen MR) is 75.0 cm³/mol. The van der Waals surface area contributed by atoms with Gasteiger partial charge in [-0.2, -0.15) is 0 Å². The maximum Gasteiger partial charge on any atom is 0.317 e. The van der Waals surface area contributed by atoms with Crippen LogP contribution in [0.4, 0.5) is 16.3 Å². The number of fused-ring (bicyclic) bond motifs is 1. The Hall–Kier alpha value is -2.67. The maximum atomic E-state index is 10.8. The van der Waals surface area contributed by atoms with E-state index in [1.165, 1.54) is 0 Å². The summed E-state index contributed by atoms with van der Waals surface area (Å²) in [4.78, 5) is 19.2. The molecule has 1 atom stereocenters. The number of hydrogen-bond acceptors (Lipinski definition) is 5. The second-order valence-electron chi connectivity index (χ2n) is 4.58. The quantitative estimate of drug-likeness (QED) is 0.658. The third kappa shape index (κ3) is 2.26. The van der Waals surface area contributed by atoms with Gasteiger partial charge < -0.3 is 11.2 Å². The molecule has 0 aromatic carbocycles. The average molecular weight is 270 g/mol. The number of carbonyl (C=O) groups excluding carboxylic acids is 1. The minimum atomic E-state index is -0.635. The summed E-state index contributed by atoms with van der Waals surface area (Å²) in [6, 6.07) is 5.08. The third-order valence-electron chi connectivity index (χ3n) is 3.10. The fourth-order valence-corrected chi connectivity index (χ4v) is 2.24. The molecule has 1 unspecified atom stereocenters. The monoisotopic (exact) mass is 270 g/mol. The lowest BCUT2D eigenvalue weighted by Crippen LogP contribution is -2.20. The van der Waals surface area contributed by atoms with Crippen molar-refractivity contribution in [2.75, 3.05) is 10.7 Å². The van der Waals surface area contributed by atoms with Gasteiger partial charge in [0, 0.05) is 29.7 Å². The van der Waals surface area contributed by atoms with Gasteiger partial charge in [-0.1, -0.05) is 0 Å². The first kappa shape index (κ1) is 12.4. The van der Waals surface area contributed by atoms with Crippen molar-refractivity contribution in [1.29, 1.82) is 0 Å². The highest BCUT2D eigenvalue weighted by Gasteiger charge is 2.24. The molecule has 7 nitrogen and oxygen atoms in total. The van der Waals surface area contributed by atoms with E-state index in [1.54, 1.807) is 18.5 Å². The maximum absolute atomic E-state index is 10.8. The van der Waals surface area contributed by atoms with Gasteiger partial charge in [0.15, 0.2) is 0 Å². The molecule has 0 fully saturated rings. The van der Waals surface area contributed by atoms with Crippen molar-refractivity contribution in [3.8, 4) is 0 Å². The highest BCUT2D eigenvalue weighted by atomic mass is 16.2. The first-order valence-electron chi connectivity index (χ1n) is 6.14. The van der Waals surface area contributed by atoms with Crippen molar-refractivity contribution in [2.24, 2.45) is 5.73 Å². The van der Waals surface area contributed by atoms with Gasteiger partial charge in [-0.25, -0.2) is 15.2 Å². The number of carbonyl (C=O) groups is 1. The van der Waals surface area contributed by atoms with Crippen molar-refractivity contribution in [1.82, 2.24) is 15.4 Å². The van der Waals surface area contributed by atoms with Crippen molar-refractivity contribution in [3.63, 3.8) is 0 Å². The number of primary amides is 1. The number of nitrogens with two attached hydrogens (primary N) is 1. The number of rotatable bonds is 2. The van der Waals surface area contributed by atoms with Gasteiger partial charge in [-0.05, 0) is 24.6 Å². The summed E-state index contributed by atoms with van der Waals surface area (Å²) in [5, 5.41) is 2.45. The van der Waals surface area contributed by atoms with Crippen molar-refractivity contribution in [3.05, 3.63) is 47.4 Å². The van der Waals surface area contributed by atoms with Crippen LogP contribution in [0.3, 0.4) is 0 Å². The molecule has 2 aromatic heterocycles. The van der Waals surface area contributed by atoms with E-state index in [2.05, 4.69) is 26.1 Å². The van der Waals surface area contributed by atoms with Crippen LogP contribution in [0.15, 0.2) is 30.6 Å². The molecule has 7 heteroatoms. The van der Waals surface area contributed by atoms with E-state index in [0.29, 0.717) is 5.82 Å². The zero-order chi connectivity index (χ0) is 14.1. The number of anilines is 2. The van der Waals surface area contributed by atoms with E-state index in [4.69, 9.17) is 5.73 Å². The lowest BCUT2D eigenvalue weighted by Gasteiger charge is -2.11. The summed E-state index contributed by atoms with van der Waals surface area (Å²) in [6.45, 7) is 1.95. The van der Waals surface area contributed by atoms with E-state index < -0.39 is 6.03 Å². The van der Waals surface area contributed by atoms with E-state index in [1.807, 2.05) is 19.1 Å². The lowest BCUT2D eigenvalue weighted by molar-refractivity contribution is 0.259. The molecular weight excluding hydrogens is 256 g/mol. The summed E-state index contributed by atoms with van der Waals surface area (Å²) in [5.74, 6) is 0.414. The van der Waals surface area contributed by atoms with E-state index in [0.717, 1.165) is 22.5 Å². The predicted octanol–water partition coefficient (Wildman–Crippen LogP) is 1.30. The lowest BCUT2D eigenvalue weighted by atomic mass is 10.0. The molecule has 102 valence electrons. The fraction of sp³-hybridized carbons (Fsp3) is 0.154. The van der Waals surface area contributed by atoms with Gasteiger partial charge in [0.1, 0.15) is 5.82 Å². The summed E-state index contributed by atoms with van der Waals surface area (Å²) >= 11 is 0. The van der Waals surface area contributed by atoms with Crippen LogP contribution in [0.2, 0.25) is 0 Å².